The minimum Gasteiger partial charge on any atom is -0.351 e. The number of nitrogens with one attached hydrogen (secondary N) is 1. The third-order valence-corrected chi connectivity index (χ3v) is 4.78. The summed E-state index contributed by atoms with van der Waals surface area (Å²) in [6.07, 6.45) is 4.06. The highest BCUT2D eigenvalue weighted by Gasteiger charge is 2.17. The maximum Gasteiger partial charge on any atom is 0.263 e. The number of amides is 1. The van der Waals surface area contributed by atoms with E-state index in [-0.39, 0.29) is 5.91 Å². The smallest absolute Gasteiger partial charge is 0.263 e. The SMILES string of the molecule is Cc1nc(-c2ncccn2)sc1C(=O)NCCc1ccc(Cl)cc1. The van der Waals surface area contributed by atoms with E-state index in [9.17, 15) is 4.79 Å². The minimum absolute atomic E-state index is 0.124. The van der Waals surface area contributed by atoms with Gasteiger partial charge in [0, 0.05) is 24.0 Å². The highest BCUT2D eigenvalue weighted by atomic mass is 35.5. The first kappa shape index (κ1) is 16.5. The molecule has 24 heavy (non-hydrogen) atoms. The molecule has 2 aromatic heterocycles. The summed E-state index contributed by atoms with van der Waals surface area (Å²) in [6, 6.07) is 9.35. The second kappa shape index (κ2) is 7.51. The Morgan fingerprint density at radius 2 is 1.92 bits per heavy atom. The lowest BCUT2D eigenvalue weighted by Crippen LogP contribution is -2.25. The van der Waals surface area contributed by atoms with E-state index in [4.69, 9.17) is 11.6 Å². The second-order valence-electron chi connectivity index (χ2n) is 5.14. The van der Waals surface area contributed by atoms with Crippen molar-refractivity contribution in [3.63, 3.8) is 0 Å². The zero-order valence-electron chi connectivity index (χ0n) is 13.0. The van der Waals surface area contributed by atoms with E-state index in [0.717, 1.165) is 12.0 Å². The summed E-state index contributed by atoms with van der Waals surface area (Å²) in [6.45, 7) is 2.37. The molecule has 2 heterocycles. The number of carbonyl (C=O) groups excluding carboxylic acids is 1. The average Bonchev–Trinajstić information content (AvgIpc) is 2.99. The fourth-order valence-corrected chi connectivity index (χ4v) is 3.22. The van der Waals surface area contributed by atoms with Crippen LogP contribution in [0.25, 0.3) is 10.8 Å². The van der Waals surface area contributed by atoms with Gasteiger partial charge >= 0.3 is 0 Å². The first-order chi connectivity index (χ1) is 11.6. The van der Waals surface area contributed by atoms with Crippen molar-refractivity contribution in [3.05, 3.63) is 63.9 Å². The Balaban J connectivity index is 1.63. The molecule has 0 aliphatic carbocycles. The Hall–Kier alpha value is -2.31. The Morgan fingerprint density at radius 1 is 1.21 bits per heavy atom. The molecule has 1 aromatic carbocycles. The topological polar surface area (TPSA) is 67.8 Å². The fourth-order valence-electron chi connectivity index (χ4n) is 2.16. The number of hydrogen-bond acceptors (Lipinski definition) is 5. The number of benzene rings is 1. The minimum atomic E-state index is -0.124. The first-order valence-corrected chi connectivity index (χ1v) is 8.60. The van der Waals surface area contributed by atoms with Crippen molar-refractivity contribution in [2.24, 2.45) is 0 Å². The van der Waals surface area contributed by atoms with Crippen LogP contribution in [0.1, 0.15) is 20.9 Å². The van der Waals surface area contributed by atoms with Gasteiger partial charge in [-0.15, -0.1) is 11.3 Å². The van der Waals surface area contributed by atoms with Gasteiger partial charge in [-0.05, 0) is 37.1 Å². The van der Waals surface area contributed by atoms with Crippen LogP contribution in [0.2, 0.25) is 5.02 Å². The lowest BCUT2D eigenvalue weighted by Gasteiger charge is -2.04. The van der Waals surface area contributed by atoms with Gasteiger partial charge in [0.05, 0.1) is 5.69 Å². The van der Waals surface area contributed by atoms with E-state index < -0.39 is 0 Å². The maximum absolute atomic E-state index is 12.4. The molecule has 0 aliphatic rings. The van der Waals surface area contributed by atoms with Gasteiger partial charge in [0.2, 0.25) is 0 Å². The molecule has 0 saturated carbocycles. The lowest BCUT2D eigenvalue weighted by molar-refractivity contribution is 0.0957. The van der Waals surface area contributed by atoms with Crippen molar-refractivity contribution in [2.75, 3.05) is 6.54 Å². The van der Waals surface area contributed by atoms with Gasteiger partial charge in [0.25, 0.3) is 5.91 Å². The van der Waals surface area contributed by atoms with Crippen molar-refractivity contribution < 1.29 is 4.79 Å². The van der Waals surface area contributed by atoms with Gasteiger partial charge < -0.3 is 5.32 Å². The third kappa shape index (κ3) is 3.96. The molecule has 0 unspecified atom stereocenters. The summed E-state index contributed by atoms with van der Waals surface area (Å²) in [5.74, 6) is 0.409. The van der Waals surface area contributed by atoms with Crippen LogP contribution in [0.4, 0.5) is 0 Å². The number of aromatic nitrogens is 3. The van der Waals surface area contributed by atoms with Gasteiger partial charge in [0.1, 0.15) is 4.88 Å². The Bertz CT molecular complexity index is 834. The van der Waals surface area contributed by atoms with Crippen LogP contribution in [-0.4, -0.2) is 27.4 Å². The molecule has 5 nitrogen and oxygen atoms in total. The van der Waals surface area contributed by atoms with Crippen molar-refractivity contribution in [2.45, 2.75) is 13.3 Å². The molecule has 0 bridgehead atoms. The molecule has 122 valence electrons. The average molecular weight is 359 g/mol. The molecule has 0 atom stereocenters. The van der Waals surface area contributed by atoms with E-state index in [1.165, 1.54) is 11.3 Å². The van der Waals surface area contributed by atoms with Crippen LogP contribution in [0.3, 0.4) is 0 Å². The normalized spacial score (nSPS) is 10.6. The standard InChI is InChI=1S/C17H15ClN4OS/c1-11-14(24-17(22-11)15-19-8-2-9-20-15)16(23)21-10-7-12-3-5-13(18)6-4-12/h2-6,8-9H,7,10H2,1H3,(H,21,23). The predicted molar refractivity (Wildman–Crippen MR) is 95.4 cm³/mol. The van der Waals surface area contributed by atoms with Crippen molar-refractivity contribution in [1.82, 2.24) is 20.3 Å². The first-order valence-electron chi connectivity index (χ1n) is 7.41. The predicted octanol–water partition coefficient (Wildman–Crippen LogP) is 3.53. The van der Waals surface area contributed by atoms with E-state index in [0.29, 0.717) is 33.0 Å². The molecule has 7 heteroatoms. The number of carbonyl (C=O) groups is 1. The molecule has 3 aromatic rings. The van der Waals surface area contributed by atoms with Gasteiger partial charge in [-0.25, -0.2) is 15.0 Å². The number of halogens is 1. The largest absolute Gasteiger partial charge is 0.351 e. The van der Waals surface area contributed by atoms with Crippen molar-refractivity contribution >= 4 is 28.8 Å². The molecular formula is C17H15ClN4OS. The van der Waals surface area contributed by atoms with Gasteiger partial charge in [-0.2, -0.15) is 0 Å². The summed E-state index contributed by atoms with van der Waals surface area (Å²) in [7, 11) is 0. The summed E-state index contributed by atoms with van der Waals surface area (Å²) in [4.78, 5) is 25.7. The Kier molecular flexibility index (Phi) is 5.17. The van der Waals surface area contributed by atoms with Gasteiger partial charge in [0.15, 0.2) is 10.8 Å². The van der Waals surface area contributed by atoms with Gasteiger partial charge in [-0.1, -0.05) is 23.7 Å². The highest BCUT2D eigenvalue weighted by Crippen LogP contribution is 2.24. The van der Waals surface area contributed by atoms with E-state index >= 15 is 0 Å². The van der Waals surface area contributed by atoms with Crippen LogP contribution in [-0.2, 0) is 6.42 Å². The molecule has 1 N–H and O–H groups in total. The Morgan fingerprint density at radius 3 is 2.62 bits per heavy atom. The van der Waals surface area contributed by atoms with Crippen LogP contribution in [0.5, 0.6) is 0 Å². The van der Waals surface area contributed by atoms with Crippen molar-refractivity contribution in [3.8, 4) is 10.8 Å². The molecular weight excluding hydrogens is 344 g/mol. The zero-order valence-corrected chi connectivity index (χ0v) is 14.6. The number of thiazole rings is 1. The summed E-state index contributed by atoms with van der Waals surface area (Å²) in [5, 5.41) is 4.28. The molecule has 3 rings (SSSR count). The lowest BCUT2D eigenvalue weighted by atomic mass is 10.1. The number of nitrogens with zero attached hydrogens (tertiary/aromatic N) is 3. The molecule has 0 spiro atoms. The molecule has 0 saturated heterocycles. The monoisotopic (exact) mass is 358 g/mol. The van der Waals surface area contributed by atoms with Crippen molar-refractivity contribution in [1.29, 1.82) is 0 Å². The zero-order chi connectivity index (χ0) is 16.9. The van der Waals surface area contributed by atoms with E-state index in [1.54, 1.807) is 18.5 Å². The quantitative estimate of drug-likeness (QED) is 0.757. The molecule has 0 aliphatic heterocycles. The van der Waals surface area contributed by atoms with E-state index in [1.807, 2.05) is 31.2 Å². The summed E-state index contributed by atoms with van der Waals surface area (Å²) in [5.41, 5.74) is 1.81. The second-order valence-corrected chi connectivity index (χ2v) is 6.57. The molecule has 0 fully saturated rings. The van der Waals surface area contributed by atoms with E-state index in [2.05, 4.69) is 20.3 Å². The van der Waals surface area contributed by atoms with Gasteiger partial charge in [-0.3, -0.25) is 4.79 Å². The number of rotatable bonds is 5. The van der Waals surface area contributed by atoms with Crippen LogP contribution < -0.4 is 5.32 Å². The third-order valence-electron chi connectivity index (χ3n) is 3.37. The maximum atomic E-state index is 12.4. The number of hydrogen-bond donors (Lipinski definition) is 1. The summed E-state index contributed by atoms with van der Waals surface area (Å²) < 4.78 is 0. The highest BCUT2D eigenvalue weighted by molar-refractivity contribution is 7.17. The van der Waals surface area contributed by atoms with Crippen LogP contribution >= 0.6 is 22.9 Å². The van der Waals surface area contributed by atoms with Crippen LogP contribution in [0, 0.1) is 6.92 Å². The number of aryl methyl sites for hydroxylation is 1. The Labute approximate surface area is 148 Å². The molecule has 1 amide bonds. The van der Waals surface area contributed by atoms with Crippen LogP contribution in [0.15, 0.2) is 42.7 Å². The molecule has 0 radical (unpaired) electrons. The summed E-state index contributed by atoms with van der Waals surface area (Å²) >= 11 is 7.16. The fraction of sp³-hybridized carbons (Fsp3) is 0.176.